The van der Waals surface area contributed by atoms with Gasteiger partial charge in [-0.05, 0) is 17.7 Å². The number of aromatic nitrogens is 1. The Morgan fingerprint density at radius 1 is 1.20 bits per heavy atom. The SMILES string of the molecule is CN(C)c1cccc(NC(=O)N2CCNC(=O)[C@@H]2c2ccccc2)n1. The van der Waals surface area contributed by atoms with Gasteiger partial charge in [-0.3, -0.25) is 10.1 Å². The molecule has 1 aliphatic heterocycles. The molecule has 3 amide bonds. The zero-order chi connectivity index (χ0) is 17.8. The third-order valence-electron chi connectivity index (χ3n) is 4.02. The van der Waals surface area contributed by atoms with Crippen LogP contribution in [0.2, 0.25) is 0 Å². The number of anilines is 2. The van der Waals surface area contributed by atoms with Crippen molar-refractivity contribution in [3.05, 3.63) is 54.1 Å². The Balaban J connectivity index is 1.82. The van der Waals surface area contributed by atoms with Crippen LogP contribution in [0.5, 0.6) is 0 Å². The summed E-state index contributed by atoms with van der Waals surface area (Å²) < 4.78 is 0. The minimum Gasteiger partial charge on any atom is -0.363 e. The van der Waals surface area contributed by atoms with Crippen LogP contribution in [-0.4, -0.2) is 49.0 Å². The quantitative estimate of drug-likeness (QED) is 0.895. The average molecular weight is 339 g/mol. The van der Waals surface area contributed by atoms with E-state index < -0.39 is 6.04 Å². The van der Waals surface area contributed by atoms with E-state index in [1.54, 1.807) is 6.07 Å². The zero-order valence-electron chi connectivity index (χ0n) is 14.3. The predicted molar refractivity (Wildman–Crippen MR) is 96.5 cm³/mol. The topological polar surface area (TPSA) is 77.6 Å². The van der Waals surface area contributed by atoms with Crippen molar-refractivity contribution < 1.29 is 9.59 Å². The summed E-state index contributed by atoms with van der Waals surface area (Å²) in [5.41, 5.74) is 0.782. The van der Waals surface area contributed by atoms with Gasteiger partial charge in [0, 0.05) is 27.2 Å². The van der Waals surface area contributed by atoms with E-state index in [-0.39, 0.29) is 11.9 Å². The molecule has 130 valence electrons. The number of amides is 3. The fourth-order valence-electron chi connectivity index (χ4n) is 2.78. The molecule has 1 atom stereocenters. The van der Waals surface area contributed by atoms with Crippen molar-refractivity contribution in [3.63, 3.8) is 0 Å². The van der Waals surface area contributed by atoms with E-state index >= 15 is 0 Å². The first-order chi connectivity index (χ1) is 12.1. The molecule has 0 saturated carbocycles. The van der Waals surface area contributed by atoms with Gasteiger partial charge >= 0.3 is 6.03 Å². The Bertz CT molecular complexity index is 763. The summed E-state index contributed by atoms with van der Waals surface area (Å²) in [7, 11) is 3.77. The van der Waals surface area contributed by atoms with E-state index in [1.165, 1.54) is 4.90 Å². The van der Waals surface area contributed by atoms with Crippen LogP contribution in [0.3, 0.4) is 0 Å². The lowest BCUT2D eigenvalue weighted by Gasteiger charge is -2.35. The molecule has 1 aromatic heterocycles. The number of hydrogen-bond acceptors (Lipinski definition) is 4. The molecule has 2 N–H and O–H groups in total. The Labute approximate surface area is 146 Å². The summed E-state index contributed by atoms with van der Waals surface area (Å²) >= 11 is 0. The van der Waals surface area contributed by atoms with E-state index in [4.69, 9.17) is 0 Å². The maximum absolute atomic E-state index is 12.8. The fourth-order valence-corrected chi connectivity index (χ4v) is 2.78. The normalized spacial score (nSPS) is 17.0. The van der Waals surface area contributed by atoms with E-state index in [9.17, 15) is 9.59 Å². The Kier molecular flexibility index (Phi) is 4.83. The number of urea groups is 1. The lowest BCUT2D eigenvalue weighted by molar-refractivity contribution is -0.127. The largest absolute Gasteiger partial charge is 0.363 e. The molecule has 0 aliphatic carbocycles. The highest BCUT2D eigenvalue weighted by molar-refractivity contribution is 5.94. The summed E-state index contributed by atoms with van der Waals surface area (Å²) in [4.78, 5) is 32.9. The number of carbonyl (C=O) groups is 2. The van der Waals surface area contributed by atoms with E-state index in [1.807, 2.05) is 61.5 Å². The summed E-state index contributed by atoms with van der Waals surface area (Å²) in [5.74, 6) is 1.02. The number of hydrogen-bond donors (Lipinski definition) is 2. The van der Waals surface area contributed by atoms with E-state index in [0.29, 0.717) is 18.9 Å². The number of nitrogens with zero attached hydrogens (tertiary/aromatic N) is 3. The number of carbonyl (C=O) groups excluding carboxylic acids is 2. The molecule has 0 radical (unpaired) electrons. The van der Waals surface area contributed by atoms with Crippen molar-refractivity contribution in [2.75, 3.05) is 37.4 Å². The van der Waals surface area contributed by atoms with Gasteiger partial charge in [0.15, 0.2) is 0 Å². The van der Waals surface area contributed by atoms with Gasteiger partial charge in [-0.25, -0.2) is 9.78 Å². The van der Waals surface area contributed by atoms with Crippen molar-refractivity contribution in [3.8, 4) is 0 Å². The van der Waals surface area contributed by atoms with E-state index in [0.717, 1.165) is 11.4 Å². The van der Waals surface area contributed by atoms with Crippen molar-refractivity contribution in [2.24, 2.45) is 0 Å². The standard InChI is InChI=1S/C18H21N5O2/c1-22(2)15-10-6-9-14(20-15)21-18(25)23-12-11-19-17(24)16(23)13-7-4-3-5-8-13/h3-10,16H,11-12H2,1-2H3,(H,19,24)(H,20,21,25)/t16-/m0/s1. The van der Waals surface area contributed by atoms with Crippen LogP contribution in [0.1, 0.15) is 11.6 Å². The molecule has 2 aromatic rings. The highest BCUT2D eigenvalue weighted by atomic mass is 16.2. The minimum atomic E-state index is -0.646. The molecule has 1 aliphatic rings. The first-order valence-corrected chi connectivity index (χ1v) is 8.11. The van der Waals surface area contributed by atoms with Crippen molar-refractivity contribution in [1.82, 2.24) is 15.2 Å². The lowest BCUT2D eigenvalue weighted by atomic mass is 10.0. The molecule has 1 fully saturated rings. The molecule has 25 heavy (non-hydrogen) atoms. The highest BCUT2D eigenvalue weighted by Gasteiger charge is 2.34. The van der Waals surface area contributed by atoms with Crippen LogP contribution in [0, 0.1) is 0 Å². The van der Waals surface area contributed by atoms with E-state index in [2.05, 4.69) is 15.6 Å². The second-order valence-corrected chi connectivity index (χ2v) is 6.00. The first-order valence-electron chi connectivity index (χ1n) is 8.11. The van der Waals surface area contributed by atoms with Crippen molar-refractivity contribution in [1.29, 1.82) is 0 Å². The molecule has 0 spiro atoms. The van der Waals surface area contributed by atoms with Gasteiger partial charge in [0.1, 0.15) is 17.7 Å². The predicted octanol–water partition coefficient (Wildman–Crippen LogP) is 1.85. The summed E-state index contributed by atoms with van der Waals surface area (Å²) in [5, 5.41) is 5.62. The number of pyridine rings is 1. The van der Waals surface area contributed by atoms with Crippen LogP contribution in [0.25, 0.3) is 0 Å². The summed E-state index contributed by atoms with van der Waals surface area (Å²) in [6.45, 7) is 0.866. The average Bonchev–Trinajstić information content (AvgIpc) is 2.62. The van der Waals surface area contributed by atoms with Gasteiger partial charge in [-0.1, -0.05) is 36.4 Å². The second-order valence-electron chi connectivity index (χ2n) is 6.00. The Morgan fingerprint density at radius 3 is 2.68 bits per heavy atom. The van der Waals surface area contributed by atoms with Gasteiger partial charge in [0.05, 0.1) is 0 Å². The monoisotopic (exact) mass is 339 g/mol. The second kappa shape index (κ2) is 7.21. The highest BCUT2D eigenvalue weighted by Crippen LogP contribution is 2.24. The van der Waals surface area contributed by atoms with Crippen LogP contribution in [0.15, 0.2) is 48.5 Å². The fraction of sp³-hybridized carbons (Fsp3) is 0.278. The number of piperazine rings is 1. The molecule has 7 nitrogen and oxygen atoms in total. The molecule has 3 rings (SSSR count). The van der Waals surface area contributed by atoms with Crippen LogP contribution in [-0.2, 0) is 4.79 Å². The molecule has 1 aromatic carbocycles. The smallest absolute Gasteiger partial charge is 0.324 e. The van der Waals surface area contributed by atoms with Gasteiger partial charge in [-0.2, -0.15) is 0 Å². The van der Waals surface area contributed by atoms with Crippen LogP contribution >= 0.6 is 0 Å². The number of benzene rings is 1. The van der Waals surface area contributed by atoms with Gasteiger partial charge < -0.3 is 15.1 Å². The molecular formula is C18H21N5O2. The Hall–Kier alpha value is -3.09. The zero-order valence-corrected chi connectivity index (χ0v) is 14.3. The lowest BCUT2D eigenvalue weighted by Crippen LogP contribution is -2.53. The minimum absolute atomic E-state index is 0.178. The maximum Gasteiger partial charge on any atom is 0.324 e. The number of rotatable bonds is 3. The molecule has 7 heteroatoms. The molecule has 1 saturated heterocycles. The maximum atomic E-state index is 12.8. The summed E-state index contributed by atoms with van der Waals surface area (Å²) in [6.07, 6.45) is 0. The third kappa shape index (κ3) is 3.71. The molecule has 0 unspecified atom stereocenters. The molecular weight excluding hydrogens is 318 g/mol. The van der Waals surface area contributed by atoms with Gasteiger partial charge in [0.2, 0.25) is 5.91 Å². The summed E-state index contributed by atoms with van der Waals surface area (Å²) in [6, 6.07) is 13.7. The van der Waals surface area contributed by atoms with Crippen LogP contribution < -0.4 is 15.5 Å². The van der Waals surface area contributed by atoms with Gasteiger partial charge in [0.25, 0.3) is 0 Å². The van der Waals surface area contributed by atoms with Crippen molar-refractivity contribution in [2.45, 2.75) is 6.04 Å². The van der Waals surface area contributed by atoms with Gasteiger partial charge in [-0.15, -0.1) is 0 Å². The van der Waals surface area contributed by atoms with Crippen molar-refractivity contribution >= 4 is 23.6 Å². The molecule has 0 bridgehead atoms. The third-order valence-corrected chi connectivity index (χ3v) is 4.02. The first kappa shape index (κ1) is 16.8. The Morgan fingerprint density at radius 2 is 1.96 bits per heavy atom. The van der Waals surface area contributed by atoms with Crippen LogP contribution in [0.4, 0.5) is 16.4 Å². The number of nitrogens with one attached hydrogen (secondary N) is 2. The molecule has 2 heterocycles.